The van der Waals surface area contributed by atoms with E-state index in [1.165, 1.54) is 0 Å². The van der Waals surface area contributed by atoms with Crippen LogP contribution in [-0.2, 0) is 9.53 Å². The van der Waals surface area contributed by atoms with Crippen LogP contribution in [0.25, 0.3) is 0 Å². The minimum atomic E-state index is -1.21. The second kappa shape index (κ2) is 5.58. The monoisotopic (exact) mass is 217 g/mol. The first kappa shape index (κ1) is 13.7. The zero-order valence-electron chi connectivity index (χ0n) is 9.66. The minimum Gasteiger partial charge on any atom is -0.465 e. The van der Waals surface area contributed by atoms with Gasteiger partial charge in [0.1, 0.15) is 11.6 Å². The van der Waals surface area contributed by atoms with Crippen molar-refractivity contribution in [2.45, 2.75) is 52.2 Å². The number of ether oxygens (including phenoxy) is 1. The molecule has 0 aromatic rings. The number of hydrogen-bond donors (Lipinski definition) is 2. The fourth-order valence-electron chi connectivity index (χ4n) is 1.06. The molecule has 0 rings (SSSR count). The Morgan fingerprint density at radius 1 is 1.40 bits per heavy atom. The summed E-state index contributed by atoms with van der Waals surface area (Å²) in [6.07, 6.45) is -0.0508. The van der Waals surface area contributed by atoms with Gasteiger partial charge in [-0.3, -0.25) is 0 Å². The number of hydrogen-bond acceptors (Lipinski definition) is 3. The summed E-state index contributed by atoms with van der Waals surface area (Å²) in [6, 6.07) is -0.772. The third-order valence-electron chi connectivity index (χ3n) is 1.57. The van der Waals surface area contributed by atoms with E-state index in [0.717, 1.165) is 0 Å². The van der Waals surface area contributed by atoms with Crippen LogP contribution in [0.2, 0.25) is 0 Å². The van der Waals surface area contributed by atoms with Gasteiger partial charge in [-0.15, -0.1) is 0 Å². The van der Waals surface area contributed by atoms with Crippen molar-refractivity contribution in [1.29, 1.82) is 0 Å². The molecule has 88 valence electrons. The van der Waals surface area contributed by atoms with E-state index < -0.39 is 23.7 Å². The average Bonchev–Trinajstić information content (AvgIpc) is 1.99. The first-order chi connectivity index (χ1) is 6.76. The molecule has 0 aliphatic rings. The molecule has 0 aliphatic heterocycles. The number of amides is 1. The summed E-state index contributed by atoms with van der Waals surface area (Å²) in [6.45, 7) is 7.11. The summed E-state index contributed by atoms with van der Waals surface area (Å²) in [5.41, 5.74) is -0.594. The number of esters is 1. The Labute approximate surface area is 89.8 Å². The Morgan fingerprint density at radius 2 is 1.93 bits per heavy atom. The third-order valence-corrected chi connectivity index (χ3v) is 1.57. The summed E-state index contributed by atoms with van der Waals surface area (Å²) >= 11 is 0. The number of carboxylic acid groups (broad SMARTS) is 1. The van der Waals surface area contributed by atoms with Gasteiger partial charge in [0.15, 0.2) is 0 Å². The maximum Gasteiger partial charge on any atom is 0.405 e. The largest absolute Gasteiger partial charge is 0.465 e. The van der Waals surface area contributed by atoms with E-state index in [4.69, 9.17) is 9.84 Å². The molecule has 5 nitrogen and oxygen atoms in total. The predicted octanol–water partition coefficient (Wildman–Crippen LogP) is 1.76. The van der Waals surface area contributed by atoms with Crippen molar-refractivity contribution in [2.24, 2.45) is 0 Å². The van der Waals surface area contributed by atoms with E-state index in [-0.39, 0.29) is 0 Å². The highest BCUT2D eigenvalue weighted by molar-refractivity contribution is 5.80. The lowest BCUT2D eigenvalue weighted by Gasteiger charge is -2.23. The molecule has 0 aromatic heterocycles. The lowest BCUT2D eigenvalue weighted by molar-refractivity contribution is -0.157. The van der Waals surface area contributed by atoms with Crippen molar-refractivity contribution in [3.8, 4) is 0 Å². The number of carbonyl (C=O) groups is 2. The van der Waals surface area contributed by atoms with Crippen molar-refractivity contribution < 1.29 is 19.4 Å². The molecule has 1 atom stereocenters. The lowest BCUT2D eigenvalue weighted by atomic mass is 10.1. The van der Waals surface area contributed by atoms with Crippen LogP contribution >= 0.6 is 0 Å². The molecule has 0 unspecified atom stereocenters. The molecule has 0 aromatic carbocycles. The number of carbonyl (C=O) groups excluding carboxylic acids is 1. The van der Waals surface area contributed by atoms with Crippen LogP contribution in [0.4, 0.5) is 4.79 Å². The Balaban J connectivity index is 4.35. The van der Waals surface area contributed by atoms with Gasteiger partial charge in [-0.05, 0) is 27.2 Å². The molecule has 1 amide bonds. The van der Waals surface area contributed by atoms with Crippen LogP contribution < -0.4 is 5.32 Å². The van der Waals surface area contributed by atoms with Gasteiger partial charge >= 0.3 is 12.1 Å². The van der Waals surface area contributed by atoms with E-state index in [1.54, 1.807) is 20.8 Å². The highest BCUT2D eigenvalue weighted by atomic mass is 16.6. The van der Waals surface area contributed by atoms with E-state index in [0.29, 0.717) is 12.8 Å². The highest BCUT2D eigenvalue weighted by Gasteiger charge is 2.25. The normalized spacial score (nSPS) is 13.1. The zero-order chi connectivity index (χ0) is 12.1. The third kappa shape index (κ3) is 6.76. The molecule has 0 heterocycles. The zero-order valence-corrected chi connectivity index (χ0v) is 9.66. The molecule has 0 bridgehead atoms. The summed E-state index contributed by atoms with van der Waals surface area (Å²) in [5, 5.41) is 10.7. The van der Waals surface area contributed by atoms with Crippen LogP contribution in [0.5, 0.6) is 0 Å². The van der Waals surface area contributed by atoms with Crippen molar-refractivity contribution in [3.05, 3.63) is 0 Å². The summed E-state index contributed by atoms with van der Waals surface area (Å²) in [7, 11) is 0. The molecule has 0 fully saturated rings. The second-order valence-electron chi connectivity index (χ2n) is 4.32. The highest BCUT2D eigenvalue weighted by Crippen LogP contribution is 2.10. The van der Waals surface area contributed by atoms with Gasteiger partial charge in [0.05, 0.1) is 0 Å². The Kier molecular flexibility index (Phi) is 5.11. The first-order valence-corrected chi connectivity index (χ1v) is 4.98. The Bertz CT molecular complexity index is 232. The molecule has 15 heavy (non-hydrogen) atoms. The molecule has 0 saturated heterocycles. The van der Waals surface area contributed by atoms with Crippen LogP contribution in [0.3, 0.4) is 0 Å². The van der Waals surface area contributed by atoms with Gasteiger partial charge in [0.2, 0.25) is 0 Å². The maximum absolute atomic E-state index is 11.5. The summed E-state index contributed by atoms with van der Waals surface area (Å²) in [5.74, 6) is -0.522. The molecule has 0 aliphatic carbocycles. The Morgan fingerprint density at radius 3 is 2.27 bits per heavy atom. The van der Waals surface area contributed by atoms with Crippen molar-refractivity contribution in [1.82, 2.24) is 5.32 Å². The average molecular weight is 217 g/mol. The number of rotatable bonds is 4. The fraction of sp³-hybridized carbons (Fsp3) is 0.800. The van der Waals surface area contributed by atoms with E-state index in [1.807, 2.05) is 6.92 Å². The molecule has 0 radical (unpaired) electrons. The molecular formula is C10H19NO4. The fourth-order valence-corrected chi connectivity index (χ4v) is 1.06. The molecular weight excluding hydrogens is 198 g/mol. The van der Waals surface area contributed by atoms with Gasteiger partial charge in [0, 0.05) is 0 Å². The first-order valence-electron chi connectivity index (χ1n) is 4.98. The maximum atomic E-state index is 11.5. The minimum absolute atomic E-state index is 0.446. The van der Waals surface area contributed by atoms with Crippen LogP contribution in [0, 0.1) is 0 Å². The van der Waals surface area contributed by atoms with Crippen LogP contribution in [0.1, 0.15) is 40.5 Å². The van der Waals surface area contributed by atoms with Crippen molar-refractivity contribution in [3.63, 3.8) is 0 Å². The van der Waals surface area contributed by atoms with E-state index >= 15 is 0 Å². The summed E-state index contributed by atoms with van der Waals surface area (Å²) < 4.78 is 5.09. The second-order valence-corrected chi connectivity index (χ2v) is 4.32. The number of nitrogens with one attached hydrogen (secondary N) is 1. The standard InChI is InChI=1S/C10H19NO4/c1-5-6-7(11-9(13)14)8(12)15-10(2,3)4/h7,11H,5-6H2,1-4H3,(H,13,14)/t7-/m0/s1. The predicted molar refractivity (Wildman–Crippen MR) is 55.7 cm³/mol. The van der Waals surface area contributed by atoms with E-state index in [2.05, 4.69) is 5.32 Å². The van der Waals surface area contributed by atoms with Gasteiger partial charge in [-0.2, -0.15) is 0 Å². The quantitative estimate of drug-likeness (QED) is 0.703. The molecule has 2 N–H and O–H groups in total. The SMILES string of the molecule is CCC[C@H](NC(=O)O)C(=O)OC(C)(C)C. The van der Waals surface area contributed by atoms with E-state index in [9.17, 15) is 9.59 Å². The topological polar surface area (TPSA) is 75.6 Å². The smallest absolute Gasteiger partial charge is 0.405 e. The molecule has 5 heteroatoms. The Hall–Kier alpha value is -1.26. The van der Waals surface area contributed by atoms with Crippen LogP contribution in [0.15, 0.2) is 0 Å². The van der Waals surface area contributed by atoms with Crippen molar-refractivity contribution >= 4 is 12.1 Å². The van der Waals surface area contributed by atoms with Gasteiger partial charge in [-0.1, -0.05) is 13.3 Å². The summed E-state index contributed by atoms with van der Waals surface area (Å²) in [4.78, 5) is 22.0. The van der Waals surface area contributed by atoms with Gasteiger partial charge < -0.3 is 15.2 Å². The van der Waals surface area contributed by atoms with Gasteiger partial charge in [-0.25, -0.2) is 9.59 Å². The molecule has 0 spiro atoms. The van der Waals surface area contributed by atoms with Crippen LogP contribution in [-0.4, -0.2) is 28.8 Å². The van der Waals surface area contributed by atoms with Gasteiger partial charge in [0.25, 0.3) is 0 Å². The molecule has 0 saturated carbocycles. The van der Waals surface area contributed by atoms with Crippen molar-refractivity contribution in [2.75, 3.05) is 0 Å². The lowest BCUT2D eigenvalue weighted by Crippen LogP contribution is -2.43.